The Bertz CT molecular complexity index is 3290. The molecule has 62 heavy (non-hydrogen) atoms. The highest BCUT2D eigenvalue weighted by Gasteiger charge is 2.23. The van der Waals surface area contributed by atoms with Gasteiger partial charge in [-0.3, -0.25) is 0 Å². The van der Waals surface area contributed by atoms with Crippen LogP contribution in [0.3, 0.4) is 0 Å². The summed E-state index contributed by atoms with van der Waals surface area (Å²) in [6.45, 7) is 0. The van der Waals surface area contributed by atoms with Gasteiger partial charge in [-0.25, -0.2) is 0 Å². The van der Waals surface area contributed by atoms with Crippen LogP contribution in [0.2, 0.25) is 0 Å². The topological polar surface area (TPSA) is 8.17 Å². The molecule has 10 aromatic carbocycles. The predicted octanol–water partition coefficient (Wildman–Crippen LogP) is 16.6. The molecule has 0 atom stereocenters. The normalized spacial score (nSPS) is 11.2. The fourth-order valence-corrected chi connectivity index (χ4v) is 9.20. The van der Waals surface area contributed by atoms with E-state index in [9.17, 15) is 0 Å². The van der Waals surface area contributed by atoms with Crippen molar-refractivity contribution >= 4 is 38.9 Å². The molecule has 0 radical (unpaired) electrons. The largest absolute Gasteiger partial charge is 0.309 e. The summed E-state index contributed by atoms with van der Waals surface area (Å²) in [6.07, 6.45) is 0. The number of hydrogen-bond acceptors (Lipinski definition) is 1. The van der Waals surface area contributed by atoms with Crippen LogP contribution in [0.15, 0.2) is 255 Å². The SMILES string of the molecule is c1ccc(-c2ccc(-c3ccccc3N(c3cccc(-n4c5ccccc5c5ccccc54)c3)c3ccccc3-c3ccccc3-c3ccccc3-c3ccccc3)cc2)cc1. The lowest BCUT2D eigenvalue weighted by molar-refractivity contribution is 1.17. The van der Waals surface area contributed by atoms with E-state index in [4.69, 9.17) is 0 Å². The van der Waals surface area contributed by atoms with Crippen molar-refractivity contribution in [3.8, 4) is 61.3 Å². The lowest BCUT2D eigenvalue weighted by atomic mass is 9.88. The zero-order valence-corrected chi connectivity index (χ0v) is 34.1. The van der Waals surface area contributed by atoms with Crippen LogP contribution in [0.1, 0.15) is 0 Å². The van der Waals surface area contributed by atoms with Gasteiger partial charge >= 0.3 is 0 Å². The number of anilines is 3. The number of benzene rings is 10. The molecular formula is C60H42N2. The summed E-state index contributed by atoms with van der Waals surface area (Å²) < 4.78 is 2.41. The van der Waals surface area contributed by atoms with Crippen LogP contribution >= 0.6 is 0 Å². The zero-order chi connectivity index (χ0) is 41.2. The molecule has 0 unspecified atom stereocenters. The smallest absolute Gasteiger partial charge is 0.0541 e. The van der Waals surface area contributed by atoms with Crippen molar-refractivity contribution in [2.75, 3.05) is 4.90 Å². The molecule has 0 aliphatic carbocycles. The van der Waals surface area contributed by atoms with Crippen molar-refractivity contribution in [2.24, 2.45) is 0 Å². The van der Waals surface area contributed by atoms with Gasteiger partial charge < -0.3 is 9.47 Å². The third kappa shape index (κ3) is 6.65. The quantitative estimate of drug-likeness (QED) is 0.141. The van der Waals surface area contributed by atoms with Crippen LogP contribution in [0, 0.1) is 0 Å². The summed E-state index contributed by atoms with van der Waals surface area (Å²) in [5, 5.41) is 2.49. The Labute approximate surface area is 362 Å². The van der Waals surface area contributed by atoms with Crippen molar-refractivity contribution in [3.63, 3.8) is 0 Å². The first-order valence-corrected chi connectivity index (χ1v) is 21.3. The van der Waals surface area contributed by atoms with Gasteiger partial charge in [-0.1, -0.05) is 212 Å². The molecule has 1 heterocycles. The Morgan fingerprint density at radius 1 is 0.258 bits per heavy atom. The number of fused-ring (bicyclic) bond motifs is 3. The molecule has 11 rings (SSSR count). The molecule has 0 saturated carbocycles. The molecule has 2 heteroatoms. The van der Waals surface area contributed by atoms with E-state index in [1.807, 2.05) is 0 Å². The molecule has 0 amide bonds. The van der Waals surface area contributed by atoms with E-state index >= 15 is 0 Å². The predicted molar refractivity (Wildman–Crippen MR) is 263 cm³/mol. The second kappa shape index (κ2) is 16.1. The Morgan fingerprint density at radius 2 is 0.661 bits per heavy atom. The Morgan fingerprint density at radius 3 is 1.29 bits per heavy atom. The van der Waals surface area contributed by atoms with Crippen LogP contribution in [0.4, 0.5) is 17.1 Å². The fourth-order valence-electron chi connectivity index (χ4n) is 9.20. The van der Waals surface area contributed by atoms with Crippen LogP contribution < -0.4 is 4.90 Å². The number of para-hydroxylation sites is 4. The van der Waals surface area contributed by atoms with E-state index in [-0.39, 0.29) is 0 Å². The lowest BCUT2D eigenvalue weighted by Gasteiger charge is -2.31. The third-order valence-corrected chi connectivity index (χ3v) is 12.0. The van der Waals surface area contributed by atoms with Crippen molar-refractivity contribution < 1.29 is 0 Å². The molecule has 0 fully saturated rings. The average Bonchev–Trinajstić information content (AvgIpc) is 3.70. The molecule has 0 spiro atoms. The van der Waals surface area contributed by atoms with Gasteiger partial charge in [-0.2, -0.15) is 0 Å². The molecule has 2 nitrogen and oxygen atoms in total. The van der Waals surface area contributed by atoms with Gasteiger partial charge in [0.1, 0.15) is 0 Å². The van der Waals surface area contributed by atoms with E-state index < -0.39 is 0 Å². The highest BCUT2D eigenvalue weighted by Crippen LogP contribution is 2.48. The minimum atomic E-state index is 1.06. The van der Waals surface area contributed by atoms with Gasteiger partial charge in [-0.15, -0.1) is 0 Å². The molecule has 0 aliphatic heterocycles. The van der Waals surface area contributed by atoms with E-state index in [0.29, 0.717) is 0 Å². The number of nitrogens with zero attached hydrogens (tertiary/aromatic N) is 2. The minimum absolute atomic E-state index is 1.06. The molecule has 1 aromatic heterocycles. The first-order valence-electron chi connectivity index (χ1n) is 21.3. The van der Waals surface area contributed by atoms with Gasteiger partial charge in [0, 0.05) is 33.3 Å². The fraction of sp³-hybridized carbons (Fsp3) is 0. The van der Waals surface area contributed by atoms with Crippen molar-refractivity contribution in [1.82, 2.24) is 4.57 Å². The molecule has 0 saturated heterocycles. The zero-order valence-electron chi connectivity index (χ0n) is 34.1. The van der Waals surface area contributed by atoms with E-state index in [1.54, 1.807) is 0 Å². The molecular weight excluding hydrogens is 749 g/mol. The standard InChI is InChI=1S/C60H42N2/c1-3-20-43(21-4-1)44-38-40-46(41-39-44)50-27-11-15-34-57(50)61(47-24-19-25-48(42-47)62-59-36-17-13-32-55(59)56-33-14-18-37-60(56)62)58-35-16-12-31-54(58)53-30-10-9-29-52(53)51-28-8-7-26-49(51)45-22-5-2-6-23-45/h1-42H. The summed E-state index contributed by atoms with van der Waals surface area (Å²) in [6, 6.07) is 92.1. The van der Waals surface area contributed by atoms with Crippen molar-refractivity contribution in [1.29, 1.82) is 0 Å². The van der Waals surface area contributed by atoms with E-state index in [2.05, 4.69) is 264 Å². The molecule has 0 aliphatic rings. The maximum absolute atomic E-state index is 2.47. The van der Waals surface area contributed by atoms with Gasteiger partial charge in [0.25, 0.3) is 0 Å². The molecule has 0 bridgehead atoms. The van der Waals surface area contributed by atoms with Gasteiger partial charge in [0.15, 0.2) is 0 Å². The Hall–Kier alpha value is -8.20. The van der Waals surface area contributed by atoms with E-state index in [0.717, 1.165) is 39.4 Å². The van der Waals surface area contributed by atoms with Gasteiger partial charge in [-0.05, 0) is 87.0 Å². The maximum Gasteiger partial charge on any atom is 0.0541 e. The summed E-state index contributed by atoms with van der Waals surface area (Å²) in [7, 11) is 0. The summed E-state index contributed by atoms with van der Waals surface area (Å²) in [4.78, 5) is 2.47. The first kappa shape index (κ1) is 36.8. The van der Waals surface area contributed by atoms with Gasteiger partial charge in [0.05, 0.1) is 22.4 Å². The monoisotopic (exact) mass is 790 g/mol. The summed E-state index contributed by atoms with van der Waals surface area (Å²) in [5.41, 5.74) is 18.5. The van der Waals surface area contributed by atoms with E-state index in [1.165, 1.54) is 60.8 Å². The second-order valence-corrected chi connectivity index (χ2v) is 15.7. The maximum atomic E-state index is 2.47. The summed E-state index contributed by atoms with van der Waals surface area (Å²) in [5.74, 6) is 0. The highest BCUT2D eigenvalue weighted by molar-refractivity contribution is 6.09. The average molecular weight is 791 g/mol. The highest BCUT2D eigenvalue weighted by atomic mass is 15.2. The number of hydrogen-bond donors (Lipinski definition) is 0. The van der Waals surface area contributed by atoms with Crippen molar-refractivity contribution in [3.05, 3.63) is 255 Å². The third-order valence-electron chi connectivity index (χ3n) is 12.0. The van der Waals surface area contributed by atoms with Crippen LogP contribution in [0.5, 0.6) is 0 Å². The Balaban J connectivity index is 1.14. The molecule has 292 valence electrons. The lowest BCUT2D eigenvalue weighted by Crippen LogP contribution is -2.13. The number of rotatable bonds is 9. The molecule has 0 N–H and O–H groups in total. The van der Waals surface area contributed by atoms with Gasteiger partial charge in [0.2, 0.25) is 0 Å². The Kier molecular flexibility index (Phi) is 9.57. The molecule has 11 aromatic rings. The summed E-state index contributed by atoms with van der Waals surface area (Å²) >= 11 is 0. The van der Waals surface area contributed by atoms with Crippen LogP contribution in [-0.2, 0) is 0 Å². The number of aromatic nitrogens is 1. The van der Waals surface area contributed by atoms with Crippen molar-refractivity contribution in [2.45, 2.75) is 0 Å². The second-order valence-electron chi connectivity index (χ2n) is 15.7. The van der Waals surface area contributed by atoms with Crippen LogP contribution in [0.25, 0.3) is 83.1 Å². The first-order chi connectivity index (χ1) is 30.8. The van der Waals surface area contributed by atoms with Crippen LogP contribution in [-0.4, -0.2) is 4.57 Å². The minimum Gasteiger partial charge on any atom is -0.309 e.